The molecule has 1 amide bonds. The number of methoxy groups -OCH3 is 2. The van der Waals surface area contributed by atoms with Crippen molar-refractivity contribution >= 4 is 11.6 Å². The van der Waals surface area contributed by atoms with Crippen molar-refractivity contribution in [1.29, 1.82) is 0 Å². The Morgan fingerprint density at radius 1 is 1.18 bits per heavy atom. The molecule has 3 rings (SSSR count). The van der Waals surface area contributed by atoms with E-state index < -0.39 is 0 Å². The molecule has 1 heterocycles. The van der Waals surface area contributed by atoms with Gasteiger partial charge in [0, 0.05) is 13.1 Å². The van der Waals surface area contributed by atoms with Crippen LogP contribution in [0.2, 0.25) is 0 Å². The lowest BCUT2D eigenvalue weighted by Gasteiger charge is -2.13. The van der Waals surface area contributed by atoms with Crippen LogP contribution in [0.25, 0.3) is 0 Å². The van der Waals surface area contributed by atoms with Crippen molar-refractivity contribution in [2.24, 2.45) is 0 Å². The number of anilines is 1. The largest absolute Gasteiger partial charge is 0.493 e. The summed E-state index contributed by atoms with van der Waals surface area (Å²) >= 11 is 0. The van der Waals surface area contributed by atoms with Crippen LogP contribution in [0.1, 0.15) is 18.4 Å². The average molecular weight is 233 g/mol. The second kappa shape index (κ2) is 3.15. The van der Waals surface area contributed by atoms with E-state index in [1.807, 2.05) is 19.2 Å². The summed E-state index contributed by atoms with van der Waals surface area (Å²) in [6.45, 7) is 0. The fourth-order valence-corrected chi connectivity index (χ4v) is 2.68. The van der Waals surface area contributed by atoms with Gasteiger partial charge in [-0.2, -0.15) is 0 Å². The lowest BCUT2D eigenvalue weighted by atomic mass is 9.97. The fourth-order valence-electron chi connectivity index (χ4n) is 2.68. The van der Waals surface area contributed by atoms with E-state index in [2.05, 4.69) is 0 Å². The molecule has 1 saturated carbocycles. The Kier molecular flexibility index (Phi) is 1.94. The molecule has 0 bridgehead atoms. The number of carbonyl (C=O) groups is 1. The van der Waals surface area contributed by atoms with Gasteiger partial charge in [-0.3, -0.25) is 4.79 Å². The molecule has 1 aromatic rings. The smallest absolute Gasteiger partial charge is 0.237 e. The molecule has 1 spiro atoms. The van der Waals surface area contributed by atoms with Gasteiger partial charge in [0.15, 0.2) is 11.5 Å². The van der Waals surface area contributed by atoms with Crippen LogP contribution in [-0.4, -0.2) is 27.2 Å². The van der Waals surface area contributed by atoms with E-state index in [0.29, 0.717) is 11.5 Å². The van der Waals surface area contributed by atoms with E-state index in [4.69, 9.17) is 9.47 Å². The summed E-state index contributed by atoms with van der Waals surface area (Å²) in [6.07, 6.45) is 1.89. The number of hydrogen-bond acceptors (Lipinski definition) is 3. The molecule has 0 unspecified atom stereocenters. The molecule has 1 aliphatic carbocycles. The van der Waals surface area contributed by atoms with E-state index in [9.17, 15) is 4.79 Å². The molecule has 4 heteroatoms. The predicted octanol–water partition coefficient (Wildman–Crippen LogP) is 1.71. The highest BCUT2D eigenvalue weighted by atomic mass is 16.5. The molecule has 90 valence electrons. The summed E-state index contributed by atoms with van der Waals surface area (Å²) in [4.78, 5) is 13.9. The van der Waals surface area contributed by atoms with E-state index in [-0.39, 0.29) is 11.3 Å². The Labute approximate surface area is 100 Å². The molecule has 4 nitrogen and oxygen atoms in total. The van der Waals surface area contributed by atoms with E-state index in [1.165, 1.54) is 0 Å². The zero-order valence-electron chi connectivity index (χ0n) is 10.2. The van der Waals surface area contributed by atoms with E-state index in [0.717, 1.165) is 24.1 Å². The summed E-state index contributed by atoms with van der Waals surface area (Å²) in [5.41, 5.74) is 1.77. The first-order chi connectivity index (χ1) is 8.14. The van der Waals surface area contributed by atoms with E-state index in [1.54, 1.807) is 19.1 Å². The van der Waals surface area contributed by atoms with Gasteiger partial charge in [-0.15, -0.1) is 0 Å². The second-order valence-electron chi connectivity index (χ2n) is 4.67. The molecule has 0 radical (unpaired) electrons. The third kappa shape index (κ3) is 1.15. The van der Waals surface area contributed by atoms with Crippen molar-refractivity contribution in [3.63, 3.8) is 0 Å². The minimum Gasteiger partial charge on any atom is -0.493 e. The Morgan fingerprint density at radius 3 is 2.29 bits per heavy atom. The van der Waals surface area contributed by atoms with Crippen LogP contribution in [-0.2, 0) is 10.2 Å². The minimum absolute atomic E-state index is 0.197. The minimum atomic E-state index is -0.260. The van der Waals surface area contributed by atoms with Crippen LogP contribution < -0.4 is 14.4 Å². The second-order valence-corrected chi connectivity index (χ2v) is 4.67. The summed E-state index contributed by atoms with van der Waals surface area (Å²) in [5, 5.41) is 0. The van der Waals surface area contributed by atoms with Crippen molar-refractivity contribution in [1.82, 2.24) is 0 Å². The highest BCUT2D eigenvalue weighted by Gasteiger charge is 2.58. The fraction of sp³-hybridized carbons (Fsp3) is 0.462. The average Bonchev–Trinajstić information content (AvgIpc) is 3.13. The summed E-state index contributed by atoms with van der Waals surface area (Å²) < 4.78 is 10.6. The zero-order valence-corrected chi connectivity index (χ0v) is 10.2. The Hall–Kier alpha value is -1.71. The van der Waals surface area contributed by atoms with Crippen LogP contribution >= 0.6 is 0 Å². The standard InChI is InChI=1S/C13H15NO3/c1-14-9-7-11(17-3)10(16-2)6-8(9)13(4-5-13)12(14)15/h6-7H,4-5H2,1-3H3. The van der Waals surface area contributed by atoms with Gasteiger partial charge in [0.1, 0.15) is 0 Å². The SMILES string of the molecule is COc1cc2c(cc1OC)C1(CC1)C(=O)N2C. The maximum Gasteiger partial charge on any atom is 0.237 e. The number of benzene rings is 1. The lowest BCUT2D eigenvalue weighted by Crippen LogP contribution is -2.27. The molecule has 2 aliphatic rings. The molecule has 0 N–H and O–H groups in total. The maximum atomic E-state index is 12.2. The van der Waals surface area contributed by atoms with Crippen molar-refractivity contribution in [3.05, 3.63) is 17.7 Å². The first-order valence-electron chi connectivity index (χ1n) is 5.69. The van der Waals surface area contributed by atoms with Gasteiger partial charge in [-0.25, -0.2) is 0 Å². The quantitative estimate of drug-likeness (QED) is 0.780. The highest BCUT2D eigenvalue weighted by Crippen LogP contribution is 2.58. The zero-order chi connectivity index (χ0) is 12.2. The molecule has 0 atom stereocenters. The first kappa shape index (κ1) is 10.4. The molecular weight excluding hydrogens is 218 g/mol. The van der Waals surface area contributed by atoms with Gasteiger partial charge in [0.05, 0.1) is 25.3 Å². The number of rotatable bonds is 2. The first-order valence-corrected chi connectivity index (χ1v) is 5.69. The molecule has 1 fully saturated rings. The Bertz CT molecular complexity index is 506. The van der Waals surface area contributed by atoms with Crippen molar-refractivity contribution < 1.29 is 14.3 Å². The molecule has 0 aromatic heterocycles. The molecule has 1 aliphatic heterocycles. The third-order valence-electron chi connectivity index (χ3n) is 3.84. The molecular formula is C13H15NO3. The number of hydrogen-bond donors (Lipinski definition) is 0. The number of nitrogens with zero attached hydrogens (tertiary/aromatic N) is 1. The van der Waals surface area contributed by atoms with Crippen LogP contribution in [0.5, 0.6) is 11.5 Å². The maximum absolute atomic E-state index is 12.2. The number of amides is 1. The predicted molar refractivity (Wildman–Crippen MR) is 63.9 cm³/mol. The number of carbonyl (C=O) groups excluding carboxylic acids is 1. The van der Waals surface area contributed by atoms with Crippen LogP contribution in [0, 0.1) is 0 Å². The highest BCUT2D eigenvalue weighted by molar-refractivity contribution is 6.10. The summed E-state index contributed by atoms with van der Waals surface area (Å²) in [5.74, 6) is 1.56. The van der Waals surface area contributed by atoms with Crippen molar-refractivity contribution in [3.8, 4) is 11.5 Å². The topological polar surface area (TPSA) is 38.8 Å². The third-order valence-corrected chi connectivity index (χ3v) is 3.84. The number of fused-ring (bicyclic) bond motifs is 2. The van der Waals surface area contributed by atoms with Gasteiger partial charge in [0.25, 0.3) is 0 Å². The monoisotopic (exact) mass is 233 g/mol. The molecule has 0 saturated heterocycles. The Balaban J connectivity index is 2.21. The van der Waals surface area contributed by atoms with Gasteiger partial charge < -0.3 is 14.4 Å². The van der Waals surface area contributed by atoms with E-state index >= 15 is 0 Å². The number of ether oxygens (including phenoxy) is 2. The normalized spacial score (nSPS) is 19.5. The summed E-state index contributed by atoms with van der Waals surface area (Å²) in [7, 11) is 5.04. The van der Waals surface area contributed by atoms with Crippen LogP contribution in [0.15, 0.2) is 12.1 Å². The summed E-state index contributed by atoms with van der Waals surface area (Å²) in [6, 6.07) is 3.84. The van der Waals surface area contributed by atoms with Gasteiger partial charge in [-0.05, 0) is 24.5 Å². The van der Waals surface area contributed by atoms with Crippen molar-refractivity contribution in [2.75, 3.05) is 26.2 Å². The van der Waals surface area contributed by atoms with Crippen LogP contribution in [0.4, 0.5) is 5.69 Å². The molecule has 1 aromatic carbocycles. The van der Waals surface area contributed by atoms with Gasteiger partial charge >= 0.3 is 0 Å². The van der Waals surface area contributed by atoms with Gasteiger partial charge in [0.2, 0.25) is 5.91 Å². The Morgan fingerprint density at radius 2 is 1.76 bits per heavy atom. The van der Waals surface area contributed by atoms with Crippen LogP contribution in [0.3, 0.4) is 0 Å². The lowest BCUT2D eigenvalue weighted by molar-refractivity contribution is -0.119. The molecule has 17 heavy (non-hydrogen) atoms. The van der Waals surface area contributed by atoms with Gasteiger partial charge in [-0.1, -0.05) is 0 Å². The van der Waals surface area contributed by atoms with Crippen molar-refractivity contribution in [2.45, 2.75) is 18.3 Å². The number of likely N-dealkylation sites (N-methyl/N-ethyl adjacent to an activating group) is 1.